The normalized spacial score (nSPS) is 9.81. The molecule has 4 N–H and O–H groups in total. The number of thiocarbonyl (C=S) groups is 2. The average Bonchev–Trinajstić information content (AvgIpc) is 2.47. The first-order chi connectivity index (χ1) is 10.1. The molecule has 0 fully saturated rings. The number of halogens is 1. The third kappa shape index (κ3) is 7.74. The molecule has 0 spiro atoms. The van der Waals surface area contributed by atoms with E-state index in [-0.39, 0.29) is 10.9 Å². The van der Waals surface area contributed by atoms with Crippen molar-refractivity contribution in [3.05, 3.63) is 30.1 Å². The van der Waals surface area contributed by atoms with E-state index in [0.717, 1.165) is 6.42 Å². The van der Waals surface area contributed by atoms with Gasteiger partial charge in [0.15, 0.2) is 10.2 Å². The zero-order valence-corrected chi connectivity index (χ0v) is 13.4. The number of hydrazine groups is 1. The van der Waals surface area contributed by atoms with Crippen LogP contribution in [0.5, 0.6) is 0 Å². The summed E-state index contributed by atoms with van der Waals surface area (Å²) in [5.41, 5.74) is 5.69. The minimum atomic E-state index is -0.377. The molecule has 0 aromatic heterocycles. The van der Waals surface area contributed by atoms with Crippen LogP contribution in [0.15, 0.2) is 24.3 Å². The van der Waals surface area contributed by atoms with Crippen LogP contribution in [0.25, 0.3) is 0 Å². The van der Waals surface area contributed by atoms with Crippen LogP contribution in [-0.2, 0) is 4.74 Å². The minimum Gasteiger partial charge on any atom is -0.382 e. The molecule has 0 saturated heterocycles. The molecule has 1 rings (SSSR count). The summed E-state index contributed by atoms with van der Waals surface area (Å²) >= 11 is 10.1. The average molecular weight is 330 g/mol. The Kier molecular flexibility index (Phi) is 8.56. The first kappa shape index (κ1) is 17.5. The van der Waals surface area contributed by atoms with E-state index in [1.165, 1.54) is 6.07 Å². The van der Waals surface area contributed by atoms with Crippen LogP contribution in [0.1, 0.15) is 13.3 Å². The maximum atomic E-state index is 13.4. The van der Waals surface area contributed by atoms with Gasteiger partial charge in [0.1, 0.15) is 5.82 Å². The molecule has 1 aromatic rings. The van der Waals surface area contributed by atoms with E-state index in [1.807, 2.05) is 6.92 Å². The molecule has 5 nitrogen and oxygen atoms in total. The molecule has 0 unspecified atom stereocenters. The minimum absolute atomic E-state index is 0.221. The van der Waals surface area contributed by atoms with Gasteiger partial charge in [0.2, 0.25) is 0 Å². The standard InChI is InChI=1S/C13H19FN4OS2/c1-2-19-9-5-8-15-12(20)17-18-13(21)16-11-7-4-3-6-10(11)14/h3-4,6-7H,2,5,8-9H2,1H3,(H2,15,17,20)(H2,16,18,21). The molecule has 0 aliphatic rings. The van der Waals surface area contributed by atoms with E-state index in [1.54, 1.807) is 18.2 Å². The Balaban J connectivity index is 2.18. The number of hydrogen-bond donors (Lipinski definition) is 4. The molecule has 0 heterocycles. The Morgan fingerprint density at radius 3 is 2.62 bits per heavy atom. The highest BCUT2D eigenvalue weighted by Gasteiger charge is 2.02. The van der Waals surface area contributed by atoms with Gasteiger partial charge in [-0.3, -0.25) is 10.9 Å². The first-order valence-corrected chi connectivity index (χ1v) is 7.38. The molecule has 0 saturated carbocycles. The second kappa shape index (κ2) is 10.3. The monoisotopic (exact) mass is 330 g/mol. The predicted octanol–water partition coefficient (Wildman–Crippen LogP) is 1.92. The molecular weight excluding hydrogens is 311 g/mol. The number of para-hydroxylation sites is 1. The molecule has 116 valence electrons. The van der Waals surface area contributed by atoms with Crippen LogP contribution < -0.4 is 21.5 Å². The molecule has 0 radical (unpaired) electrons. The van der Waals surface area contributed by atoms with Gasteiger partial charge < -0.3 is 15.4 Å². The summed E-state index contributed by atoms with van der Waals surface area (Å²) in [6.07, 6.45) is 0.855. The maximum Gasteiger partial charge on any atom is 0.189 e. The van der Waals surface area contributed by atoms with Gasteiger partial charge in [-0.25, -0.2) is 4.39 Å². The van der Waals surface area contributed by atoms with E-state index in [4.69, 9.17) is 29.2 Å². The largest absolute Gasteiger partial charge is 0.382 e. The Morgan fingerprint density at radius 2 is 1.90 bits per heavy atom. The van der Waals surface area contributed by atoms with Crippen LogP contribution in [0, 0.1) is 5.82 Å². The Morgan fingerprint density at radius 1 is 1.19 bits per heavy atom. The molecule has 8 heteroatoms. The van der Waals surface area contributed by atoms with Crippen molar-refractivity contribution in [2.45, 2.75) is 13.3 Å². The lowest BCUT2D eigenvalue weighted by molar-refractivity contribution is 0.145. The number of rotatable bonds is 6. The lowest BCUT2D eigenvalue weighted by Gasteiger charge is -2.14. The fourth-order valence-corrected chi connectivity index (χ4v) is 1.71. The van der Waals surface area contributed by atoms with Crippen molar-refractivity contribution in [2.75, 3.05) is 25.1 Å². The summed E-state index contributed by atoms with van der Waals surface area (Å²) in [6.45, 7) is 4.04. The van der Waals surface area contributed by atoms with Crippen LogP contribution in [0.2, 0.25) is 0 Å². The lowest BCUT2D eigenvalue weighted by Crippen LogP contribution is -2.48. The van der Waals surface area contributed by atoms with Crippen molar-refractivity contribution in [3.63, 3.8) is 0 Å². The Hall–Kier alpha value is -1.51. The van der Waals surface area contributed by atoms with Gasteiger partial charge in [-0.2, -0.15) is 0 Å². The van der Waals surface area contributed by atoms with E-state index >= 15 is 0 Å². The van der Waals surface area contributed by atoms with Crippen molar-refractivity contribution in [1.29, 1.82) is 0 Å². The molecule has 21 heavy (non-hydrogen) atoms. The van der Waals surface area contributed by atoms with Crippen LogP contribution in [-0.4, -0.2) is 30.0 Å². The van der Waals surface area contributed by atoms with Crippen molar-refractivity contribution >= 4 is 40.3 Å². The van der Waals surface area contributed by atoms with Gasteiger partial charge in [-0.05, 0) is 49.9 Å². The smallest absolute Gasteiger partial charge is 0.189 e. The van der Waals surface area contributed by atoms with Crippen molar-refractivity contribution in [1.82, 2.24) is 16.2 Å². The number of benzene rings is 1. The van der Waals surface area contributed by atoms with Crippen molar-refractivity contribution < 1.29 is 9.13 Å². The highest BCUT2D eigenvalue weighted by Crippen LogP contribution is 2.11. The number of hydrogen-bond acceptors (Lipinski definition) is 3. The van der Waals surface area contributed by atoms with Crippen LogP contribution in [0.4, 0.5) is 10.1 Å². The zero-order valence-electron chi connectivity index (χ0n) is 11.7. The fourth-order valence-electron chi connectivity index (χ4n) is 1.39. The van der Waals surface area contributed by atoms with Crippen molar-refractivity contribution in [3.8, 4) is 0 Å². The molecule has 0 atom stereocenters. The summed E-state index contributed by atoms with van der Waals surface area (Å²) in [5, 5.41) is 6.34. The fraction of sp³-hybridized carbons (Fsp3) is 0.385. The second-order valence-electron chi connectivity index (χ2n) is 3.99. The third-order valence-corrected chi connectivity index (χ3v) is 2.82. The molecule has 1 aromatic carbocycles. The molecule has 0 bridgehead atoms. The van der Waals surface area contributed by atoms with Gasteiger partial charge >= 0.3 is 0 Å². The van der Waals surface area contributed by atoms with Gasteiger partial charge in [0, 0.05) is 19.8 Å². The highest BCUT2D eigenvalue weighted by atomic mass is 32.1. The second-order valence-corrected chi connectivity index (χ2v) is 4.81. The Bertz CT molecular complexity index is 473. The van der Waals surface area contributed by atoms with Gasteiger partial charge in [-0.15, -0.1) is 0 Å². The zero-order chi connectivity index (χ0) is 15.5. The van der Waals surface area contributed by atoms with E-state index < -0.39 is 0 Å². The summed E-state index contributed by atoms with van der Waals surface area (Å²) in [4.78, 5) is 0. The van der Waals surface area contributed by atoms with E-state index in [0.29, 0.717) is 30.6 Å². The third-order valence-electron chi connectivity index (χ3n) is 2.37. The number of anilines is 1. The number of nitrogens with one attached hydrogen (secondary N) is 4. The van der Waals surface area contributed by atoms with Crippen LogP contribution in [0.3, 0.4) is 0 Å². The summed E-state index contributed by atoms with van der Waals surface area (Å²) in [7, 11) is 0. The quantitative estimate of drug-likeness (QED) is 0.361. The predicted molar refractivity (Wildman–Crippen MR) is 90.6 cm³/mol. The van der Waals surface area contributed by atoms with Crippen molar-refractivity contribution in [2.24, 2.45) is 0 Å². The van der Waals surface area contributed by atoms with Gasteiger partial charge in [-0.1, -0.05) is 12.1 Å². The molecule has 0 amide bonds. The van der Waals surface area contributed by atoms with Gasteiger partial charge in [0.05, 0.1) is 5.69 Å². The first-order valence-electron chi connectivity index (χ1n) is 6.56. The van der Waals surface area contributed by atoms with E-state index in [9.17, 15) is 4.39 Å². The van der Waals surface area contributed by atoms with E-state index in [2.05, 4.69) is 21.5 Å². The SMILES string of the molecule is CCOCCCNC(=S)NNC(=S)Nc1ccccc1F. The molecular formula is C13H19FN4OS2. The lowest BCUT2D eigenvalue weighted by atomic mass is 10.3. The summed E-state index contributed by atoms with van der Waals surface area (Å²) < 4.78 is 18.6. The van der Waals surface area contributed by atoms with Crippen LogP contribution >= 0.6 is 24.4 Å². The Labute approximate surface area is 134 Å². The summed E-state index contributed by atoms with van der Waals surface area (Å²) in [6, 6.07) is 6.26. The highest BCUT2D eigenvalue weighted by molar-refractivity contribution is 7.80. The number of ether oxygens (including phenoxy) is 1. The maximum absolute atomic E-state index is 13.4. The van der Waals surface area contributed by atoms with Gasteiger partial charge in [0.25, 0.3) is 0 Å². The topological polar surface area (TPSA) is 57.4 Å². The molecule has 0 aliphatic carbocycles. The molecule has 0 aliphatic heterocycles. The summed E-state index contributed by atoms with van der Waals surface area (Å²) in [5.74, 6) is -0.377.